The van der Waals surface area contributed by atoms with E-state index in [1.165, 1.54) is 0 Å². The van der Waals surface area contributed by atoms with Gasteiger partial charge in [0.15, 0.2) is 0 Å². The quantitative estimate of drug-likeness (QED) is 0.846. The van der Waals surface area contributed by atoms with Gasteiger partial charge in [-0.05, 0) is 43.0 Å². The first-order valence-electron chi connectivity index (χ1n) is 9.06. The van der Waals surface area contributed by atoms with Gasteiger partial charge in [-0.3, -0.25) is 4.79 Å². The molecule has 2 aromatic rings. The van der Waals surface area contributed by atoms with E-state index in [9.17, 15) is 4.79 Å². The van der Waals surface area contributed by atoms with Gasteiger partial charge in [-0.15, -0.1) is 0 Å². The first kappa shape index (κ1) is 16.8. The number of hydrogen-bond donors (Lipinski definition) is 0. The molecule has 26 heavy (non-hydrogen) atoms. The monoisotopic (exact) mass is 352 g/mol. The van der Waals surface area contributed by atoms with Crippen LogP contribution in [0.15, 0.2) is 36.7 Å². The zero-order chi connectivity index (χ0) is 18.1. The Morgan fingerprint density at radius 1 is 1.19 bits per heavy atom. The summed E-state index contributed by atoms with van der Waals surface area (Å²) in [5, 5.41) is 0. The Hall–Kier alpha value is -2.63. The van der Waals surface area contributed by atoms with Crippen LogP contribution in [0.1, 0.15) is 24.0 Å². The second kappa shape index (κ2) is 6.59. The van der Waals surface area contributed by atoms with E-state index < -0.39 is 0 Å². The van der Waals surface area contributed by atoms with Gasteiger partial charge >= 0.3 is 0 Å². The van der Waals surface area contributed by atoms with Crippen LogP contribution in [0.4, 0.5) is 5.95 Å². The van der Waals surface area contributed by atoms with E-state index in [1.807, 2.05) is 48.5 Å². The number of carbonyl (C=O) groups excluding carboxylic acids is 1. The van der Waals surface area contributed by atoms with E-state index in [0.29, 0.717) is 13.1 Å². The molecule has 4 rings (SSSR count). The lowest BCUT2D eigenvalue weighted by molar-refractivity contribution is -0.135. The Morgan fingerprint density at radius 2 is 1.96 bits per heavy atom. The van der Waals surface area contributed by atoms with Crippen LogP contribution in [0.3, 0.4) is 0 Å². The summed E-state index contributed by atoms with van der Waals surface area (Å²) in [4.78, 5) is 26.1. The normalized spacial score (nSPS) is 22.5. The van der Waals surface area contributed by atoms with Crippen molar-refractivity contribution >= 4 is 11.9 Å². The zero-order valence-corrected chi connectivity index (χ0v) is 15.3. The zero-order valence-electron chi connectivity index (χ0n) is 15.3. The number of methoxy groups -OCH3 is 1. The highest BCUT2D eigenvalue weighted by Crippen LogP contribution is 2.42. The smallest absolute Gasteiger partial charge is 0.231 e. The standard InChI is InChI=1S/C20H24N4O2/c1-15-11-21-19(22-12-15)24-9-7-20(14-24)6-8-23(18(20)25)13-16-4-3-5-17(10-16)26-2/h3-5,10-12H,6-9,13-14H2,1-2H3/t20-/m1/s1. The van der Waals surface area contributed by atoms with Crippen LogP contribution in [0.25, 0.3) is 0 Å². The summed E-state index contributed by atoms with van der Waals surface area (Å²) in [6.07, 6.45) is 5.44. The molecule has 1 aromatic heterocycles. The van der Waals surface area contributed by atoms with Gasteiger partial charge in [0.25, 0.3) is 0 Å². The number of benzene rings is 1. The van der Waals surface area contributed by atoms with Gasteiger partial charge in [-0.25, -0.2) is 9.97 Å². The maximum atomic E-state index is 13.1. The summed E-state index contributed by atoms with van der Waals surface area (Å²) in [6, 6.07) is 7.94. The number of aromatic nitrogens is 2. The third-order valence-electron chi connectivity index (χ3n) is 5.51. The second-order valence-electron chi connectivity index (χ2n) is 7.34. The van der Waals surface area contributed by atoms with Gasteiger partial charge in [-0.1, -0.05) is 12.1 Å². The minimum atomic E-state index is -0.285. The molecule has 0 radical (unpaired) electrons. The Morgan fingerprint density at radius 3 is 2.73 bits per heavy atom. The topological polar surface area (TPSA) is 58.6 Å². The van der Waals surface area contributed by atoms with E-state index in [2.05, 4.69) is 14.9 Å². The fraction of sp³-hybridized carbons (Fsp3) is 0.450. The maximum absolute atomic E-state index is 13.1. The molecular formula is C20H24N4O2. The molecule has 0 unspecified atom stereocenters. The van der Waals surface area contributed by atoms with Crippen LogP contribution in [-0.2, 0) is 11.3 Å². The predicted octanol–water partition coefficient (Wildman–Crippen LogP) is 2.42. The minimum Gasteiger partial charge on any atom is -0.497 e. The molecule has 0 aliphatic carbocycles. The number of anilines is 1. The van der Waals surface area contributed by atoms with Crippen LogP contribution in [0, 0.1) is 12.3 Å². The highest BCUT2D eigenvalue weighted by atomic mass is 16.5. The van der Waals surface area contributed by atoms with Crippen molar-refractivity contribution in [2.45, 2.75) is 26.3 Å². The summed E-state index contributed by atoms with van der Waals surface area (Å²) < 4.78 is 5.29. The van der Waals surface area contributed by atoms with Crippen molar-refractivity contribution in [3.05, 3.63) is 47.8 Å². The molecule has 1 amide bonds. The van der Waals surface area contributed by atoms with E-state index in [1.54, 1.807) is 7.11 Å². The number of rotatable bonds is 4. The Kier molecular flexibility index (Phi) is 4.26. The first-order valence-corrected chi connectivity index (χ1v) is 9.06. The largest absolute Gasteiger partial charge is 0.497 e. The molecule has 0 N–H and O–H groups in total. The second-order valence-corrected chi connectivity index (χ2v) is 7.34. The van der Waals surface area contributed by atoms with Gasteiger partial charge in [0.2, 0.25) is 11.9 Å². The molecule has 2 fully saturated rings. The molecule has 6 nitrogen and oxygen atoms in total. The molecule has 1 aromatic carbocycles. The van der Waals surface area contributed by atoms with Crippen molar-refractivity contribution in [2.24, 2.45) is 5.41 Å². The predicted molar refractivity (Wildman–Crippen MR) is 99.1 cm³/mol. The Bertz CT molecular complexity index is 808. The molecule has 136 valence electrons. The van der Waals surface area contributed by atoms with E-state index >= 15 is 0 Å². The van der Waals surface area contributed by atoms with Gasteiger partial charge in [0.1, 0.15) is 5.75 Å². The van der Waals surface area contributed by atoms with Gasteiger partial charge in [0, 0.05) is 38.6 Å². The summed E-state index contributed by atoms with van der Waals surface area (Å²) >= 11 is 0. The molecule has 0 saturated carbocycles. The molecule has 0 bridgehead atoms. The first-order chi connectivity index (χ1) is 12.6. The van der Waals surface area contributed by atoms with Crippen LogP contribution < -0.4 is 9.64 Å². The van der Waals surface area contributed by atoms with E-state index in [4.69, 9.17) is 4.74 Å². The van der Waals surface area contributed by atoms with Crippen molar-refractivity contribution in [3.8, 4) is 5.75 Å². The number of likely N-dealkylation sites (tertiary alicyclic amines) is 1. The molecule has 1 atom stereocenters. The average Bonchev–Trinajstić information content (AvgIpc) is 3.22. The molecule has 2 saturated heterocycles. The van der Waals surface area contributed by atoms with Crippen LogP contribution >= 0.6 is 0 Å². The molecule has 1 spiro atoms. The maximum Gasteiger partial charge on any atom is 0.231 e. The van der Waals surface area contributed by atoms with Crippen molar-refractivity contribution in [3.63, 3.8) is 0 Å². The third kappa shape index (κ3) is 3.00. The Labute approximate surface area is 153 Å². The number of ether oxygens (including phenoxy) is 1. The SMILES string of the molecule is COc1cccc(CN2CC[C@]3(CCN(c4ncc(C)cn4)C3)C2=O)c1. The fourth-order valence-corrected chi connectivity index (χ4v) is 4.01. The lowest BCUT2D eigenvalue weighted by atomic mass is 9.85. The number of carbonyl (C=O) groups is 1. The number of amides is 1. The summed E-state index contributed by atoms with van der Waals surface area (Å²) in [5.74, 6) is 1.81. The van der Waals surface area contributed by atoms with Gasteiger partial charge in [-0.2, -0.15) is 0 Å². The lowest BCUT2D eigenvalue weighted by Crippen LogP contribution is -2.37. The fourth-order valence-electron chi connectivity index (χ4n) is 4.01. The number of aryl methyl sites for hydroxylation is 1. The summed E-state index contributed by atoms with van der Waals surface area (Å²) in [6.45, 7) is 4.97. The molecule has 2 aliphatic heterocycles. The van der Waals surface area contributed by atoms with Crippen LogP contribution in [-0.4, -0.2) is 47.5 Å². The average molecular weight is 352 g/mol. The van der Waals surface area contributed by atoms with Crippen LogP contribution in [0.5, 0.6) is 5.75 Å². The molecule has 2 aliphatic rings. The molecule has 6 heteroatoms. The molecule has 3 heterocycles. The van der Waals surface area contributed by atoms with Crippen molar-refractivity contribution in [1.82, 2.24) is 14.9 Å². The minimum absolute atomic E-state index is 0.259. The summed E-state index contributed by atoms with van der Waals surface area (Å²) in [5.41, 5.74) is 1.86. The Balaban J connectivity index is 1.46. The highest BCUT2D eigenvalue weighted by molar-refractivity contribution is 5.86. The van der Waals surface area contributed by atoms with Gasteiger partial charge in [0.05, 0.1) is 12.5 Å². The van der Waals surface area contributed by atoms with E-state index in [-0.39, 0.29) is 11.3 Å². The van der Waals surface area contributed by atoms with Crippen LogP contribution in [0.2, 0.25) is 0 Å². The number of nitrogens with zero attached hydrogens (tertiary/aromatic N) is 4. The third-order valence-corrected chi connectivity index (χ3v) is 5.51. The van der Waals surface area contributed by atoms with Crippen molar-refractivity contribution in [2.75, 3.05) is 31.6 Å². The van der Waals surface area contributed by atoms with E-state index in [0.717, 1.165) is 48.8 Å². The molecular weight excluding hydrogens is 328 g/mol. The van der Waals surface area contributed by atoms with Gasteiger partial charge < -0.3 is 14.5 Å². The van der Waals surface area contributed by atoms with Crippen molar-refractivity contribution < 1.29 is 9.53 Å². The van der Waals surface area contributed by atoms with Crippen molar-refractivity contribution in [1.29, 1.82) is 0 Å². The summed E-state index contributed by atoms with van der Waals surface area (Å²) in [7, 11) is 1.66. The lowest BCUT2D eigenvalue weighted by Gasteiger charge is -2.24. The number of hydrogen-bond acceptors (Lipinski definition) is 5. The highest BCUT2D eigenvalue weighted by Gasteiger charge is 2.51.